The van der Waals surface area contributed by atoms with Gasteiger partial charge in [-0.05, 0) is 13.8 Å². The number of halogens is 1. The molecule has 0 aliphatic heterocycles. The Morgan fingerprint density at radius 1 is 1.29 bits per heavy atom. The van der Waals surface area contributed by atoms with E-state index in [1.54, 1.807) is 0 Å². The van der Waals surface area contributed by atoms with E-state index < -0.39 is 0 Å². The maximum Gasteiger partial charge on any atom is 0.252 e. The maximum atomic E-state index is 5.73. The minimum atomic E-state index is 0.205. The lowest BCUT2D eigenvalue weighted by atomic mass is 10.5. The van der Waals surface area contributed by atoms with Gasteiger partial charge in [0, 0.05) is 12.4 Å². The molecule has 5 heteroatoms. The Kier molecular flexibility index (Phi) is 4.62. The van der Waals surface area contributed by atoms with E-state index in [-0.39, 0.29) is 11.3 Å². The highest BCUT2D eigenvalue weighted by atomic mass is 35.5. The number of nitrogens with zero attached hydrogens (tertiary/aromatic N) is 2. The molecule has 0 amide bonds. The van der Waals surface area contributed by atoms with Crippen LogP contribution in [0.4, 0.5) is 0 Å². The van der Waals surface area contributed by atoms with Gasteiger partial charge < -0.3 is 9.47 Å². The first-order valence-corrected chi connectivity index (χ1v) is 4.79. The van der Waals surface area contributed by atoms with Crippen LogP contribution < -0.4 is 4.74 Å². The summed E-state index contributed by atoms with van der Waals surface area (Å²) in [4.78, 5) is 7.75. The normalized spacial score (nSPS) is 10.6. The molecule has 1 aromatic heterocycles. The van der Waals surface area contributed by atoms with E-state index in [4.69, 9.17) is 21.1 Å². The largest absolute Gasteiger partial charge is 0.473 e. The van der Waals surface area contributed by atoms with Gasteiger partial charge in [-0.3, -0.25) is 0 Å². The molecule has 78 valence electrons. The van der Waals surface area contributed by atoms with Crippen molar-refractivity contribution < 1.29 is 9.47 Å². The van der Waals surface area contributed by atoms with Crippen LogP contribution in [0.2, 0.25) is 5.15 Å². The molecule has 0 fully saturated rings. The highest BCUT2D eigenvalue weighted by Gasteiger charge is 2.02. The second kappa shape index (κ2) is 5.78. The Labute approximate surface area is 88.2 Å². The third kappa shape index (κ3) is 3.89. The summed E-state index contributed by atoms with van der Waals surface area (Å²) in [6.07, 6.45) is 3.25. The zero-order valence-corrected chi connectivity index (χ0v) is 8.99. The van der Waals surface area contributed by atoms with Gasteiger partial charge in [-0.15, -0.1) is 0 Å². The molecule has 0 bridgehead atoms. The summed E-state index contributed by atoms with van der Waals surface area (Å²) in [5.41, 5.74) is 0. The standard InChI is InChI=1S/C9H13ClN2O2/c1-7(2)13-5-6-14-9-8(10)11-3-4-12-9/h3-4,7H,5-6H2,1-2H3. The lowest BCUT2D eigenvalue weighted by Gasteiger charge is -2.08. The Morgan fingerprint density at radius 3 is 2.64 bits per heavy atom. The van der Waals surface area contributed by atoms with Crippen LogP contribution in [0.3, 0.4) is 0 Å². The number of rotatable bonds is 5. The molecule has 0 aromatic carbocycles. The van der Waals surface area contributed by atoms with E-state index in [1.807, 2.05) is 13.8 Å². The molecule has 0 unspecified atom stereocenters. The molecule has 0 radical (unpaired) electrons. The summed E-state index contributed by atoms with van der Waals surface area (Å²) in [5.74, 6) is 0.349. The van der Waals surface area contributed by atoms with Crippen molar-refractivity contribution in [2.24, 2.45) is 0 Å². The number of aromatic nitrogens is 2. The zero-order valence-electron chi connectivity index (χ0n) is 8.24. The van der Waals surface area contributed by atoms with Gasteiger partial charge in [-0.25, -0.2) is 9.97 Å². The molecular formula is C9H13ClN2O2. The molecule has 0 N–H and O–H groups in total. The van der Waals surface area contributed by atoms with E-state index in [2.05, 4.69) is 9.97 Å². The number of ether oxygens (including phenoxy) is 2. The molecule has 0 saturated carbocycles. The Hall–Kier alpha value is -0.870. The minimum Gasteiger partial charge on any atom is -0.473 e. The molecule has 1 heterocycles. The first kappa shape index (κ1) is 11.2. The summed E-state index contributed by atoms with van der Waals surface area (Å²) < 4.78 is 10.5. The maximum absolute atomic E-state index is 5.73. The fourth-order valence-electron chi connectivity index (χ4n) is 0.827. The van der Waals surface area contributed by atoms with Gasteiger partial charge in [0.15, 0.2) is 5.15 Å². The summed E-state index contributed by atoms with van der Waals surface area (Å²) in [5, 5.41) is 0.275. The van der Waals surface area contributed by atoms with Crippen LogP contribution in [0.15, 0.2) is 12.4 Å². The minimum absolute atomic E-state index is 0.205. The highest BCUT2D eigenvalue weighted by molar-refractivity contribution is 6.30. The van der Waals surface area contributed by atoms with Crippen molar-refractivity contribution in [3.05, 3.63) is 17.5 Å². The first-order chi connectivity index (χ1) is 6.70. The average molecular weight is 217 g/mol. The van der Waals surface area contributed by atoms with Crippen LogP contribution in [0.25, 0.3) is 0 Å². The Bertz CT molecular complexity index is 281. The number of hydrogen-bond acceptors (Lipinski definition) is 4. The molecule has 14 heavy (non-hydrogen) atoms. The SMILES string of the molecule is CC(C)OCCOc1nccnc1Cl. The van der Waals surface area contributed by atoms with E-state index in [1.165, 1.54) is 12.4 Å². The third-order valence-corrected chi connectivity index (χ3v) is 1.66. The molecule has 0 aliphatic rings. The van der Waals surface area contributed by atoms with Crippen LogP contribution in [0, 0.1) is 0 Å². The zero-order chi connectivity index (χ0) is 10.4. The fraction of sp³-hybridized carbons (Fsp3) is 0.556. The fourth-order valence-corrected chi connectivity index (χ4v) is 0.987. The molecule has 4 nitrogen and oxygen atoms in total. The van der Waals surface area contributed by atoms with E-state index >= 15 is 0 Å². The predicted molar refractivity (Wildman–Crippen MR) is 53.6 cm³/mol. The molecule has 1 aromatic rings. The van der Waals surface area contributed by atoms with Gasteiger partial charge in [0.2, 0.25) is 0 Å². The lowest BCUT2D eigenvalue weighted by molar-refractivity contribution is 0.0542. The second-order valence-electron chi connectivity index (χ2n) is 2.92. The molecule has 0 aliphatic carbocycles. The smallest absolute Gasteiger partial charge is 0.252 e. The van der Waals surface area contributed by atoms with Crippen molar-refractivity contribution in [3.63, 3.8) is 0 Å². The van der Waals surface area contributed by atoms with Crippen molar-refractivity contribution in [2.45, 2.75) is 20.0 Å². The van der Waals surface area contributed by atoms with Gasteiger partial charge in [0.25, 0.3) is 5.88 Å². The summed E-state index contributed by atoms with van der Waals surface area (Å²) in [6, 6.07) is 0. The van der Waals surface area contributed by atoms with Crippen molar-refractivity contribution in [1.82, 2.24) is 9.97 Å². The average Bonchev–Trinajstić information content (AvgIpc) is 2.15. The number of hydrogen-bond donors (Lipinski definition) is 0. The van der Waals surface area contributed by atoms with Crippen molar-refractivity contribution in [1.29, 1.82) is 0 Å². The van der Waals surface area contributed by atoms with Gasteiger partial charge in [0.1, 0.15) is 6.61 Å². The van der Waals surface area contributed by atoms with Crippen LogP contribution in [0.1, 0.15) is 13.8 Å². The predicted octanol–water partition coefficient (Wildman–Crippen LogP) is 1.93. The first-order valence-electron chi connectivity index (χ1n) is 4.41. The monoisotopic (exact) mass is 216 g/mol. The lowest BCUT2D eigenvalue weighted by Crippen LogP contribution is -2.12. The van der Waals surface area contributed by atoms with Gasteiger partial charge in [0.05, 0.1) is 12.7 Å². The van der Waals surface area contributed by atoms with Crippen molar-refractivity contribution >= 4 is 11.6 Å². The van der Waals surface area contributed by atoms with Crippen molar-refractivity contribution in [2.75, 3.05) is 13.2 Å². The highest BCUT2D eigenvalue weighted by Crippen LogP contribution is 2.16. The molecule has 0 saturated heterocycles. The third-order valence-electron chi connectivity index (χ3n) is 1.40. The molecular weight excluding hydrogens is 204 g/mol. The van der Waals surface area contributed by atoms with Crippen molar-refractivity contribution in [3.8, 4) is 5.88 Å². The topological polar surface area (TPSA) is 44.2 Å². The molecule has 0 spiro atoms. The van der Waals surface area contributed by atoms with E-state index in [0.29, 0.717) is 19.1 Å². The van der Waals surface area contributed by atoms with Gasteiger partial charge in [-0.2, -0.15) is 0 Å². The summed E-state index contributed by atoms with van der Waals surface area (Å²) in [6.45, 7) is 4.88. The quantitative estimate of drug-likeness (QED) is 0.706. The molecule has 1 rings (SSSR count). The van der Waals surface area contributed by atoms with Crippen LogP contribution in [0.5, 0.6) is 5.88 Å². The van der Waals surface area contributed by atoms with Crippen LogP contribution in [-0.2, 0) is 4.74 Å². The van der Waals surface area contributed by atoms with Gasteiger partial charge in [-0.1, -0.05) is 11.6 Å². The Balaban J connectivity index is 2.28. The second-order valence-corrected chi connectivity index (χ2v) is 3.28. The summed E-state index contributed by atoms with van der Waals surface area (Å²) in [7, 11) is 0. The van der Waals surface area contributed by atoms with Crippen LogP contribution in [-0.4, -0.2) is 29.3 Å². The Morgan fingerprint density at radius 2 is 2.00 bits per heavy atom. The van der Waals surface area contributed by atoms with E-state index in [0.717, 1.165) is 0 Å². The molecule has 0 atom stereocenters. The van der Waals surface area contributed by atoms with E-state index in [9.17, 15) is 0 Å². The van der Waals surface area contributed by atoms with Crippen LogP contribution >= 0.6 is 11.6 Å². The summed E-state index contributed by atoms with van der Waals surface area (Å²) >= 11 is 5.73. The van der Waals surface area contributed by atoms with Gasteiger partial charge >= 0.3 is 0 Å².